The Bertz CT molecular complexity index is 1540. The maximum atomic E-state index is 12.8. The predicted octanol–water partition coefficient (Wildman–Crippen LogP) is 4.52. The summed E-state index contributed by atoms with van der Waals surface area (Å²) in [5.41, 5.74) is 1.96. The zero-order valence-corrected chi connectivity index (χ0v) is 27.6. The number of piperidine rings is 1. The van der Waals surface area contributed by atoms with E-state index >= 15 is 0 Å². The number of carbonyl (C=O) groups is 4. The number of aromatic nitrogens is 2. The minimum atomic E-state index is -5.08. The summed E-state index contributed by atoms with van der Waals surface area (Å²) in [6.07, 6.45) is 4.60. The molecule has 1 saturated carbocycles. The average molecular weight is 710 g/mol. The Labute approximate surface area is 286 Å². The van der Waals surface area contributed by atoms with Gasteiger partial charge in [0.1, 0.15) is 29.8 Å². The van der Waals surface area contributed by atoms with Gasteiger partial charge in [0.25, 0.3) is 0 Å². The van der Waals surface area contributed by atoms with Gasteiger partial charge < -0.3 is 36.0 Å². The van der Waals surface area contributed by atoms with Crippen LogP contribution in [0.1, 0.15) is 57.4 Å². The summed E-state index contributed by atoms with van der Waals surface area (Å²) in [4.78, 5) is 56.3. The number of hydrogen-bond acceptors (Lipinski definition) is 9. The monoisotopic (exact) mass is 709 g/mol. The number of likely N-dealkylation sites (tertiary alicyclic amines) is 1. The van der Waals surface area contributed by atoms with Crippen LogP contribution in [0, 0.1) is 5.92 Å². The predicted molar refractivity (Wildman–Crippen MR) is 175 cm³/mol. The summed E-state index contributed by atoms with van der Waals surface area (Å²) in [5.74, 6) is -0.838. The van der Waals surface area contributed by atoms with Crippen LogP contribution in [0.2, 0.25) is 5.02 Å². The lowest BCUT2D eigenvalue weighted by Gasteiger charge is -2.33. The van der Waals surface area contributed by atoms with E-state index in [2.05, 4.69) is 31.2 Å². The largest absolute Gasteiger partial charge is 0.490 e. The quantitative estimate of drug-likeness (QED) is 0.233. The average Bonchev–Trinajstić information content (AvgIpc) is 3.51. The maximum Gasteiger partial charge on any atom is 0.490 e. The van der Waals surface area contributed by atoms with Crippen molar-refractivity contribution < 1.29 is 42.2 Å². The lowest BCUT2D eigenvalue weighted by Crippen LogP contribution is -2.44. The number of aliphatic carboxylic acids is 1. The van der Waals surface area contributed by atoms with E-state index in [-0.39, 0.29) is 23.8 Å². The summed E-state index contributed by atoms with van der Waals surface area (Å²) in [5, 5.41) is 19.7. The second kappa shape index (κ2) is 17.2. The second-order valence-electron chi connectivity index (χ2n) is 11.8. The van der Waals surface area contributed by atoms with Crippen LogP contribution in [-0.2, 0) is 19.2 Å². The number of fused-ring (bicyclic) bond motifs is 1. The molecule has 3 aliphatic rings. The molecule has 2 aliphatic heterocycles. The number of carboxylic acids is 1. The minimum Gasteiger partial charge on any atom is -0.489 e. The fourth-order valence-corrected chi connectivity index (χ4v) is 5.88. The van der Waals surface area contributed by atoms with E-state index in [1.54, 1.807) is 12.1 Å². The molecule has 0 unspecified atom stereocenters. The molecule has 1 aromatic heterocycles. The highest BCUT2D eigenvalue weighted by Gasteiger charge is 2.38. The van der Waals surface area contributed by atoms with Crippen LogP contribution in [0.25, 0.3) is 6.08 Å². The standard InChI is InChI=1S/C30H38ClN7O4.C2HF3O2/c1-19(39)32-12-13-34-29(40)21-8-11-33-27-24(16-21)28(36-18-35-27)37-22-6-7-26(25(31)17-22)42-23-9-14-38(15-10-23)30(41)20-4-2-3-5-20;3-2(4,5)1(6)7/h6-7,16-18,20,23H,2-5,8-15H2,1H3,(H,32,39)(H,34,40)(H2,33,35,36,37);(H,6,7). The number of alkyl halides is 3. The third-order valence-corrected chi connectivity index (χ3v) is 8.45. The number of amides is 3. The molecular formula is C32H39ClF3N7O6. The minimum absolute atomic E-state index is 0.00518. The normalized spacial score (nSPS) is 16.5. The first-order valence-electron chi connectivity index (χ1n) is 16.0. The Hall–Kier alpha value is -4.60. The first kappa shape index (κ1) is 37.2. The lowest BCUT2D eigenvalue weighted by molar-refractivity contribution is -0.192. The molecule has 0 bridgehead atoms. The second-order valence-corrected chi connectivity index (χ2v) is 12.2. The van der Waals surface area contributed by atoms with Crippen molar-refractivity contribution in [3.05, 3.63) is 40.7 Å². The maximum absolute atomic E-state index is 12.8. The van der Waals surface area contributed by atoms with Gasteiger partial charge in [-0.25, -0.2) is 14.8 Å². The van der Waals surface area contributed by atoms with Crippen LogP contribution in [-0.4, -0.2) is 88.7 Å². The Morgan fingerprint density at radius 2 is 1.73 bits per heavy atom. The molecule has 3 heterocycles. The van der Waals surface area contributed by atoms with Gasteiger partial charge in [-0.15, -0.1) is 0 Å². The number of carbonyl (C=O) groups excluding carboxylic acids is 3. The number of carboxylic acid groups (broad SMARTS) is 1. The van der Waals surface area contributed by atoms with Crippen LogP contribution in [0.4, 0.5) is 30.5 Å². The molecule has 2 fully saturated rings. The summed E-state index contributed by atoms with van der Waals surface area (Å²) >= 11 is 6.63. The number of rotatable bonds is 9. The fraction of sp³-hybridized carbons (Fsp3) is 0.500. The first-order chi connectivity index (χ1) is 23.3. The third kappa shape index (κ3) is 11.0. The Morgan fingerprint density at radius 1 is 1.06 bits per heavy atom. The molecule has 5 N–H and O–H groups in total. The molecule has 0 atom stereocenters. The van der Waals surface area contributed by atoms with Gasteiger partial charge in [-0.1, -0.05) is 24.4 Å². The number of hydrogen-bond donors (Lipinski definition) is 5. The molecule has 17 heteroatoms. The summed E-state index contributed by atoms with van der Waals surface area (Å²) in [7, 11) is 0. The van der Waals surface area contributed by atoms with Gasteiger partial charge in [-0.3, -0.25) is 14.4 Å². The van der Waals surface area contributed by atoms with Crippen molar-refractivity contribution in [1.29, 1.82) is 0 Å². The third-order valence-electron chi connectivity index (χ3n) is 8.15. The highest BCUT2D eigenvalue weighted by atomic mass is 35.5. The Kier molecular flexibility index (Phi) is 13.0. The van der Waals surface area contributed by atoms with Crippen LogP contribution >= 0.6 is 11.6 Å². The van der Waals surface area contributed by atoms with Crippen molar-refractivity contribution in [3.63, 3.8) is 0 Å². The zero-order valence-electron chi connectivity index (χ0n) is 26.9. The molecule has 0 radical (unpaired) electrons. The van der Waals surface area contributed by atoms with E-state index in [0.29, 0.717) is 84.3 Å². The lowest BCUT2D eigenvalue weighted by atomic mass is 10.0. The van der Waals surface area contributed by atoms with Crippen LogP contribution in [0.3, 0.4) is 0 Å². The molecule has 266 valence electrons. The SMILES string of the molecule is CC(=O)NCCNC(=O)C1=Cc2c(ncnc2Nc2ccc(OC3CCN(C(=O)C4CCCC4)CC3)c(Cl)c2)NCC1.O=C(O)C(F)(F)F. The van der Waals surface area contributed by atoms with E-state index in [4.69, 9.17) is 26.2 Å². The first-order valence-corrected chi connectivity index (χ1v) is 16.3. The summed E-state index contributed by atoms with van der Waals surface area (Å²) in [6.45, 7) is 4.10. The molecule has 1 aliphatic carbocycles. The van der Waals surface area contributed by atoms with Gasteiger partial charge in [0.15, 0.2) is 0 Å². The van der Waals surface area contributed by atoms with Crippen LogP contribution in [0.5, 0.6) is 5.75 Å². The number of benzene rings is 1. The smallest absolute Gasteiger partial charge is 0.489 e. The van der Waals surface area contributed by atoms with Gasteiger partial charge in [0, 0.05) is 69.7 Å². The number of halogens is 4. The van der Waals surface area contributed by atoms with E-state index in [1.807, 2.05) is 17.0 Å². The van der Waals surface area contributed by atoms with Crippen molar-refractivity contribution in [1.82, 2.24) is 25.5 Å². The van der Waals surface area contributed by atoms with Gasteiger partial charge >= 0.3 is 12.1 Å². The van der Waals surface area contributed by atoms with Crippen molar-refractivity contribution in [2.75, 3.05) is 43.4 Å². The number of anilines is 3. The highest BCUT2D eigenvalue weighted by molar-refractivity contribution is 6.32. The topological polar surface area (TPSA) is 175 Å². The molecule has 13 nitrogen and oxygen atoms in total. The van der Waals surface area contributed by atoms with Crippen molar-refractivity contribution in [3.8, 4) is 5.75 Å². The molecule has 2 aromatic rings. The van der Waals surface area contributed by atoms with Gasteiger partial charge in [0.05, 0.1) is 10.6 Å². The van der Waals surface area contributed by atoms with E-state index < -0.39 is 12.1 Å². The highest BCUT2D eigenvalue weighted by Crippen LogP contribution is 2.34. The molecule has 1 saturated heterocycles. The van der Waals surface area contributed by atoms with Gasteiger partial charge in [-0.2, -0.15) is 13.2 Å². The van der Waals surface area contributed by atoms with Gasteiger partial charge in [0.2, 0.25) is 17.7 Å². The Morgan fingerprint density at radius 3 is 2.37 bits per heavy atom. The molecule has 0 spiro atoms. The number of nitrogens with one attached hydrogen (secondary N) is 4. The summed E-state index contributed by atoms with van der Waals surface area (Å²) < 4.78 is 38.0. The van der Waals surface area contributed by atoms with Crippen LogP contribution < -0.4 is 26.0 Å². The van der Waals surface area contributed by atoms with E-state index in [9.17, 15) is 27.6 Å². The van der Waals surface area contributed by atoms with Gasteiger partial charge in [-0.05, 0) is 43.5 Å². The summed E-state index contributed by atoms with van der Waals surface area (Å²) in [6, 6.07) is 5.49. The number of nitrogens with zero attached hydrogens (tertiary/aromatic N) is 3. The molecule has 49 heavy (non-hydrogen) atoms. The molecular weight excluding hydrogens is 671 g/mol. The molecule has 5 rings (SSSR count). The van der Waals surface area contributed by atoms with E-state index in [0.717, 1.165) is 38.5 Å². The van der Waals surface area contributed by atoms with Crippen molar-refractivity contribution in [2.24, 2.45) is 5.92 Å². The molecule has 1 aromatic carbocycles. The fourth-order valence-electron chi connectivity index (χ4n) is 5.66. The van der Waals surface area contributed by atoms with Crippen molar-refractivity contribution in [2.45, 2.75) is 64.1 Å². The van der Waals surface area contributed by atoms with Crippen LogP contribution in [0.15, 0.2) is 30.1 Å². The zero-order chi connectivity index (χ0) is 35.6. The van der Waals surface area contributed by atoms with E-state index in [1.165, 1.54) is 13.3 Å². The van der Waals surface area contributed by atoms with Crippen molar-refractivity contribution >= 4 is 58.7 Å². The molecule has 3 amide bonds. The number of ether oxygens (including phenoxy) is 1. The Balaban J connectivity index is 0.000000698.